The summed E-state index contributed by atoms with van der Waals surface area (Å²) in [6.45, 7) is 0.782. The first kappa shape index (κ1) is 27.5. The van der Waals surface area contributed by atoms with Crippen LogP contribution in [-0.2, 0) is 0 Å². The van der Waals surface area contributed by atoms with Crippen LogP contribution in [-0.4, -0.2) is 34.0 Å². The topological polar surface area (TPSA) is 53.7 Å². The van der Waals surface area contributed by atoms with E-state index in [0.29, 0.717) is 0 Å². The zero-order chi connectivity index (χ0) is 25.2. The molecule has 6 heteroatoms. The van der Waals surface area contributed by atoms with Crippen molar-refractivity contribution in [1.29, 1.82) is 0 Å². The maximum absolute atomic E-state index is 5.67. The van der Waals surface area contributed by atoms with Crippen LogP contribution in [0.4, 0.5) is 0 Å². The van der Waals surface area contributed by atoms with Crippen molar-refractivity contribution in [3.8, 4) is 17.2 Å². The molecule has 0 bridgehead atoms. The first-order valence-corrected chi connectivity index (χ1v) is 16.8. The SMILES string of the molecule is COc1ccc(P(Br)(CCCCCCCCN)(c2ccc(OC)cc2)c2ccc(OC)cc2)cc1. The first-order valence-electron chi connectivity index (χ1n) is 12.4. The van der Waals surface area contributed by atoms with Gasteiger partial charge in [-0.2, -0.15) is 0 Å². The van der Waals surface area contributed by atoms with Crippen LogP contribution in [0.25, 0.3) is 0 Å². The molecule has 3 aromatic carbocycles. The van der Waals surface area contributed by atoms with Crippen molar-refractivity contribution in [3.05, 3.63) is 72.8 Å². The average molecular weight is 561 g/mol. The number of methoxy groups -OCH3 is 3. The normalized spacial score (nSPS) is 12.5. The van der Waals surface area contributed by atoms with Crippen molar-refractivity contribution in [2.45, 2.75) is 38.5 Å². The minimum absolute atomic E-state index is 0.782. The number of ether oxygens (including phenoxy) is 3. The number of rotatable bonds is 14. The van der Waals surface area contributed by atoms with Crippen LogP contribution >= 0.6 is 20.8 Å². The third kappa shape index (κ3) is 6.02. The molecule has 0 saturated carbocycles. The molecule has 0 atom stereocenters. The Morgan fingerprint density at radius 1 is 0.543 bits per heavy atom. The van der Waals surface area contributed by atoms with Crippen LogP contribution in [0, 0.1) is 0 Å². The Hall–Kier alpha value is -2.07. The van der Waals surface area contributed by atoms with Crippen molar-refractivity contribution in [1.82, 2.24) is 0 Å². The van der Waals surface area contributed by atoms with Crippen LogP contribution in [0.3, 0.4) is 0 Å². The minimum atomic E-state index is -3.00. The third-order valence-electron chi connectivity index (χ3n) is 6.86. The molecule has 0 heterocycles. The predicted octanol–water partition coefficient (Wildman–Crippen LogP) is 6.15. The molecule has 0 aliphatic carbocycles. The Kier molecular flexibility index (Phi) is 10.0. The molecule has 0 amide bonds. The fourth-order valence-electron chi connectivity index (χ4n) is 4.77. The summed E-state index contributed by atoms with van der Waals surface area (Å²) in [7, 11) is 5.13. The number of halogens is 1. The monoisotopic (exact) mass is 559 g/mol. The van der Waals surface area contributed by atoms with Crippen LogP contribution in [0.1, 0.15) is 38.5 Å². The number of unbranched alkanes of at least 4 members (excludes halogenated alkanes) is 5. The van der Waals surface area contributed by atoms with E-state index in [1.807, 2.05) is 0 Å². The van der Waals surface area contributed by atoms with Gasteiger partial charge in [0.15, 0.2) is 0 Å². The molecule has 0 aliphatic heterocycles. The molecule has 0 unspecified atom stereocenters. The molecule has 0 aromatic heterocycles. The molecular formula is C29H39BrNO3P. The maximum atomic E-state index is 5.67. The molecule has 3 rings (SSSR count). The van der Waals surface area contributed by atoms with Crippen LogP contribution in [0.15, 0.2) is 72.8 Å². The average Bonchev–Trinajstić information content (AvgIpc) is 2.92. The summed E-state index contributed by atoms with van der Waals surface area (Å²) in [5.74, 6) is 2.57. The Morgan fingerprint density at radius 2 is 0.857 bits per heavy atom. The molecule has 35 heavy (non-hydrogen) atoms. The zero-order valence-corrected chi connectivity index (χ0v) is 23.7. The van der Waals surface area contributed by atoms with E-state index in [0.717, 1.165) is 42.8 Å². The molecule has 0 saturated heterocycles. The summed E-state index contributed by atoms with van der Waals surface area (Å²) >= 11 is 4.54. The molecule has 4 nitrogen and oxygen atoms in total. The quantitative estimate of drug-likeness (QED) is 0.190. The van der Waals surface area contributed by atoms with Crippen molar-refractivity contribution in [2.75, 3.05) is 34.0 Å². The second kappa shape index (κ2) is 12.8. The van der Waals surface area contributed by atoms with E-state index >= 15 is 0 Å². The van der Waals surface area contributed by atoms with Crippen molar-refractivity contribution in [2.24, 2.45) is 5.73 Å². The molecule has 0 aliphatic rings. The Morgan fingerprint density at radius 3 is 1.17 bits per heavy atom. The molecule has 2 N–H and O–H groups in total. The van der Waals surface area contributed by atoms with Crippen molar-refractivity contribution >= 4 is 36.7 Å². The number of hydrogen-bond donors (Lipinski definition) is 1. The summed E-state index contributed by atoms with van der Waals surface area (Å²) in [6, 6.07) is 25.7. The standard InChI is InChI=1S/C29H39BrNO3P/c1-32-24-10-16-27(17-11-24)35(30,23-9-7-5-4-6-8-22-31,28-18-12-25(33-2)13-19-28)29-20-14-26(34-3)15-21-29/h10-21H,4-9,22-23,31H2,1-3H3. The summed E-state index contributed by atoms with van der Waals surface area (Å²) in [6.07, 6.45) is 8.13. The van der Waals surface area contributed by atoms with Crippen LogP contribution < -0.4 is 35.9 Å². The van der Waals surface area contributed by atoms with Gasteiger partial charge in [0.1, 0.15) is 0 Å². The Bertz CT molecular complexity index is 921. The van der Waals surface area contributed by atoms with Crippen molar-refractivity contribution < 1.29 is 14.2 Å². The molecule has 0 spiro atoms. The van der Waals surface area contributed by atoms with E-state index in [9.17, 15) is 0 Å². The van der Waals surface area contributed by atoms with E-state index in [1.165, 1.54) is 41.6 Å². The van der Waals surface area contributed by atoms with Gasteiger partial charge in [0.2, 0.25) is 0 Å². The van der Waals surface area contributed by atoms with Gasteiger partial charge >= 0.3 is 219 Å². The Labute approximate surface area is 218 Å². The molecular weight excluding hydrogens is 521 g/mol. The van der Waals surface area contributed by atoms with Crippen molar-refractivity contribution in [3.63, 3.8) is 0 Å². The van der Waals surface area contributed by atoms with E-state index < -0.39 is 5.31 Å². The number of benzene rings is 3. The van der Waals surface area contributed by atoms with Gasteiger partial charge in [0.25, 0.3) is 0 Å². The summed E-state index contributed by atoms with van der Waals surface area (Å²) in [5, 5.41) is 0.862. The summed E-state index contributed by atoms with van der Waals surface area (Å²) in [5.41, 5.74) is 5.67. The number of hydrogen-bond acceptors (Lipinski definition) is 4. The third-order valence-corrected chi connectivity index (χ3v) is 16.9. The van der Waals surface area contributed by atoms with E-state index in [4.69, 9.17) is 19.9 Å². The predicted molar refractivity (Wildman–Crippen MR) is 155 cm³/mol. The molecule has 3 aromatic rings. The van der Waals surface area contributed by atoms with Gasteiger partial charge in [-0.05, 0) is 0 Å². The van der Waals surface area contributed by atoms with Gasteiger partial charge in [-0.25, -0.2) is 0 Å². The van der Waals surface area contributed by atoms with Crippen LogP contribution in [0.2, 0.25) is 0 Å². The van der Waals surface area contributed by atoms with E-state index in [1.54, 1.807) is 21.3 Å². The fourth-order valence-corrected chi connectivity index (χ4v) is 12.5. The van der Waals surface area contributed by atoms with Gasteiger partial charge in [-0.15, -0.1) is 0 Å². The fraction of sp³-hybridized carbons (Fsp3) is 0.379. The first-order chi connectivity index (χ1) is 17.0. The molecule has 0 fully saturated rings. The van der Waals surface area contributed by atoms with E-state index in [-0.39, 0.29) is 0 Å². The van der Waals surface area contributed by atoms with Gasteiger partial charge in [-0.3, -0.25) is 0 Å². The van der Waals surface area contributed by atoms with Crippen LogP contribution in [0.5, 0.6) is 17.2 Å². The summed E-state index contributed by atoms with van der Waals surface area (Å²) in [4.78, 5) is 0. The molecule has 190 valence electrons. The van der Waals surface area contributed by atoms with Gasteiger partial charge < -0.3 is 0 Å². The number of nitrogens with two attached hydrogens (primary N) is 1. The Balaban J connectivity index is 2.12. The summed E-state index contributed by atoms with van der Waals surface area (Å²) < 4.78 is 16.5. The zero-order valence-electron chi connectivity index (χ0n) is 21.2. The second-order valence-electron chi connectivity index (χ2n) is 8.91. The van der Waals surface area contributed by atoms with Gasteiger partial charge in [-0.1, -0.05) is 0 Å². The van der Waals surface area contributed by atoms with Gasteiger partial charge in [0.05, 0.1) is 0 Å². The second-order valence-corrected chi connectivity index (χ2v) is 18.0. The van der Waals surface area contributed by atoms with E-state index in [2.05, 4.69) is 88.3 Å². The van der Waals surface area contributed by atoms with Gasteiger partial charge in [0, 0.05) is 0 Å². The molecule has 0 radical (unpaired) electrons.